The largest absolute Gasteiger partial charge is 0.480 e. The Kier molecular flexibility index (Phi) is 6.36. The maximum absolute atomic E-state index is 12.1. The van der Waals surface area contributed by atoms with Crippen LogP contribution in [0.15, 0.2) is 48.8 Å². The Bertz CT molecular complexity index is 745. The van der Waals surface area contributed by atoms with Gasteiger partial charge in [-0.05, 0) is 42.8 Å². The molecular formula is C18H19N3O4. The van der Waals surface area contributed by atoms with E-state index in [-0.39, 0.29) is 12.2 Å². The molecule has 1 amide bonds. The first-order chi connectivity index (χ1) is 12.0. The van der Waals surface area contributed by atoms with E-state index < -0.39 is 17.9 Å². The second-order valence-electron chi connectivity index (χ2n) is 5.52. The second kappa shape index (κ2) is 8.70. The van der Waals surface area contributed by atoms with E-state index in [1.165, 1.54) is 6.92 Å². The van der Waals surface area contributed by atoms with Gasteiger partial charge in [0.25, 0.3) is 0 Å². The lowest BCUT2D eigenvalue weighted by Crippen LogP contribution is -2.39. The quantitative estimate of drug-likeness (QED) is 0.633. The molecule has 0 saturated carbocycles. The predicted octanol–water partition coefficient (Wildman–Crippen LogP) is 1.86. The van der Waals surface area contributed by atoms with Gasteiger partial charge in [0.1, 0.15) is 6.04 Å². The van der Waals surface area contributed by atoms with Gasteiger partial charge in [-0.1, -0.05) is 6.07 Å². The summed E-state index contributed by atoms with van der Waals surface area (Å²) in [5.41, 5.74) is 1.87. The van der Waals surface area contributed by atoms with Crippen LogP contribution in [-0.4, -0.2) is 33.8 Å². The second-order valence-corrected chi connectivity index (χ2v) is 5.52. The van der Waals surface area contributed by atoms with Crippen LogP contribution in [-0.2, 0) is 16.1 Å². The number of nitrogens with zero attached hydrogens (tertiary/aromatic N) is 1. The van der Waals surface area contributed by atoms with Crippen molar-refractivity contribution in [3.63, 3.8) is 0 Å². The van der Waals surface area contributed by atoms with Crippen LogP contribution in [0.1, 0.15) is 29.3 Å². The van der Waals surface area contributed by atoms with Crippen molar-refractivity contribution >= 4 is 23.3 Å². The van der Waals surface area contributed by atoms with Crippen molar-refractivity contribution in [1.29, 1.82) is 0 Å². The smallest absolute Gasteiger partial charge is 0.321 e. The number of hydrogen-bond donors (Lipinski definition) is 3. The molecule has 0 fully saturated rings. The number of benzene rings is 1. The normalized spacial score (nSPS) is 11.6. The zero-order valence-electron chi connectivity index (χ0n) is 13.7. The van der Waals surface area contributed by atoms with Crippen molar-refractivity contribution in [2.75, 3.05) is 5.32 Å². The van der Waals surface area contributed by atoms with Crippen molar-refractivity contribution in [3.8, 4) is 0 Å². The molecule has 0 unspecified atom stereocenters. The van der Waals surface area contributed by atoms with Crippen LogP contribution >= 0.6 is 0 Å². The summed E-state index contributed by atoms with van der Waals surface area (Å²) < 4.78 is 0. The van der Waals surface area contributed by atoms with Crippen molar-refractivity contribution in [1.82, 2.24) is 10.3 Å². The molecule has 2 aromatic rings. The highest BCUT2D eigenvalue weighted by Gasteiger charge is 2.20. The molecule has 7 nitrogen and oxygen atoms in total. The molecule has 0 aliphatic rings. The highest BCUT2D eigenvalue weighted by molar-refractivity contribution is 5.96. The average molecular weight is 341 g/mol. The van der Waals surface area contributed by atoms with Gasteiger partial charge >= 0.3 is 5.97 Å². The summed E-state index contributed by atoms with van der Waals surface area (Å²) >= 11 is 0. The number of carbonyl (C=O) groups excluding carboxylic acids is 2. The monoisotopic (exact) mass is 341 g/mol. The molecule has 2 rings (SSSR count). The number of hydrogen-bond acceptors (Lipinski definition) is 5. The molecule has 1 aromatic heterocycles. The zero-order valence-corrected chi connectivity index (χ0v) is 13.7. The fourth-order valence-electron chi connectivity index (χ4n) is 2.18. The lowest BCUT2D eigenvalue weighted by Gasteiger charge is -2.14. The van der Waals surface area contributed by atoms with E-state index in [0.717, 1.165) is 5.56 Å². The van der Waals surface area contributed by atoms with E-state index >= 15 is 0 Å². The number of carbonyl (C=O) groups is 3. The summed E-state index contributed by atoms with van der Waals surface area (Å²) in [6, 6.07) is 8.97. The SMILES string of the molecule is CC(=O)c1ccc(NC(=O)C[C@@H](NCc2cccnc2)C(=O)O)cc1. The summed E-state index contributed by atoms with van der Waals surface area (Å²) in [5, 5.41) is 14.7. The Morgan fingerprint density at radius 1 is 1.16 bits per heavy atom. The molecule has 0 saturated heterocycles. The van der Waals surface area contributed by atoms with Gasteiger partial charge in [-0.15, -0.1) is 0 Å². The topological polar surface area (TPSA) is 108 Å². The van der Waals surface area contributed by atoms with Gasteiger partial charge in [0, 0.05) is 30.2 Å². The molecule has 25 heavy (non-hydrogen) atoms. The summed E-state index contributed by atoms with van der Waals surface area (Å²) in [6.45, 7) is 1.75. The molecular weight excluding hydrogens is 322 g/mol. The lowest BCUT2D eigenvalue weighted by atomic mass is 10.1. The molecule has 3 N–H and O–H groups in total. The Morgan fingerprint density at radius 2 is 1.88 bits per heavy atom. The number of anilines is 1. The molecule has 1 atom stereocenters. The zero-order chi connectivity index (χ0) is 18.2. The molecule has 0 aliphatic carbocycles. The number of nitrogens with one attached hydrogen (secondary N) is 2. The Balaban J connectivity index is 1.91. The molecule has 1 aromatic carbocycles. The van der Waals surface area contributed by atoms with Crippen LogP contribution in [0.25, 0.3) is 0 Å². The maximum Gasteiger partial charge on any atom is 0.321 e. The van der Waals surface area contributed by atoms with E-state index in [2.05, 4.69) is 15.6 Å². The van der Waals surface area contributed by atoms with Gasteiger partial charge in [-0.25, -0.2) is 0 Å². The van der Waals surface area contributed by atoms with E-state index in [1.54, 1.807) is 42.7 Å². The average Bonchev–Trinajstić information content (AvgIpc) is 2.59. The van der Waals surface area contributed by atoms with E-state index in [4.69, 9.17) is 0 Å². The first-order valence-electron chi connectivity index (χ1n) is 7.71. The van der Waals surface area contributed by atoms with E-state index in [1.807, 2.05) is 6.07 Å². The minimum absolute atomic E-state index is 0.0663. The fourth-order valence-corrected chi connectivity index (χ4v) is 2.18. The number of carboxylic acids is 1. The standard InChI is InChI=1S/C18H19N3O4/c1-12(22)14-4-6-15(7-5-14)21-17(23)9-16(18(24)25)20-11-13-3-2-8-19-10-13/h2-8,10,16,20H,9,11H2,1H3,(H,21,23)(H,24,25)/t16-/m1/s1. The number of pyridine rings is 1. The van der Waals surface area contributed by atoms with E-state index in [9.17, 15) is 19.5 Å². The number of ketones is 1. The van der Waals surface area contributed by atoms with Crippen LogP contribution in [0.4, 0.5) is 5.69 Å². The first kappa shape index (κ1) is 18.3. The molecule has 7 heteroatoms. The number of amides is 1. The Morgan fingerprint density at radius 3 is 2.44 bits per heavy atom. The van der Waals surface area contributed by atoms with Gasteiger partial charge < -0.3 is 10.4 Å². The molecule has 130 valence electrons. The third kappa shape index (κ3) is 5.82. The maximum atomic E-state index is 12.1. The van der Waals surface area contributed by atoms with Crippen molar-refractivity contribution in [2.24, 2.45) is 0 Å². The summed E-state index contributed by atoms with van der Waals surface area (Å²) in [5.74, 6) is -1.60. The Hall–Kier alpha value is -3.06. The van der Waals surface area contributed by atoms with Gasteiger partial charge in [0.15, 0.2) is 5.78 Å². The van der Waals surface area contributed by atoms with Gasteiger partial charge in [-0.3, -0.25) is 24.7 Å². The molecule has 0 bridgehead atoms. The first-order valence-corrected chi connectivity index (χ1v) is 7.71. The van der Waals surface area contributed by atoms with Crippen LogP contribution in [0.3, 0.4) is 0 Å². The molecule has 0 aliphatic heterocycles. The minimum atomic E-state index is -1.11. The van der Waals surface area contributed by atoms with Crippen molar-refractivity contribution in [2.45, 2.75) is 25.9 Å². The van der Waals surface area contributed by atoms with Crippen molar-refractivity contribution < 1.29 is 19.5 Å². The number of aliphatic carboxylic acids is 1. The van der Waals surface area contributed by atoms with E-state index in [0.29, 0.717) is 17.8 Å². The van der Waals surface area contributed by atoms with Gasteiger partial charge in [0.2, 0.25) is 5.91 Å². The molecule has 0 spiro atoms. The summed E-state index contributed by atoms with van der Waals surface area (Å²) in [6.07, 6.45) is 3.04. The van der Waals surface area contributed by atoms with Gasteiger partial charge in [0.05, 0.1) is 6.42 Å². The highest BCUT2D eigenvalue weighted by atomic mass is 16.4. The Labute approximate surface area is 145 Å². The summed E-state index contributed by atoms with van der Waals surface area (Å²) in [4.78, 5) is 38.6. The van der Waals surface area contributed by atoms with Crippen LogP contribution in [0, 0.1) is 0 Å². The number of Topliss-reactive ketones (excluding diaryl/α,β-unsaturated/α-hetero) is 1. The van der Waals surface area contributed by atoms with Crippen LogP contribution < -0.4 is 10.6 Å². The predicted molar refractivity (Wildman–Crippen MR) is 92.2 cm³/mol. The fraction of sp³-hybridized carbons (Fsp3) is 0.222. The minimum Gasteiger partial charge on any atom is -0.480 e. The number of aromatic nitrogens is 1. The van der Waals surface area contributed by atoms with Gasteiger partial charge in [-0.2, -0.15) is 0 Å². The lowest BCUT2D eigenvalue weighted by molar-refractivity contribution is -0.141. The number of carboxylic acid groups (broad SMARTS) is 1. The van der Waals surface area contributed by atoms with Crippen LogP contribution in [0.2, 0.25) is 0 Å². The van der Waals surface area contributed by atoms with Crippen molar-refractivity contribution in [3.05, 3.63) is 59.9 Å². The third-order valence-electron chi connectivity index (χ3n) is 3.54. The molecule has 0 radical (unpaired) electrons. The summed E-state index contributed by atoms with van der Waals surface area (Å²) in [7, 11) is 0. The number of rotatable bonds is 8. The molecule has 1 heterocycles. The van der Waals surface area contributed by atoms with Crippen LogP contribution in [0.5, 0.6) is 0 Å². The highest BCUT2D eigenvalue weighted by Crippen LogP contribution is 2.11. The third-order valence-corrected chi connectivity index (χ3v) is 3.54.